The summed E-state index contributed by atoms with van der Waals surface area (Å²) in [5.74, 6) is -0.617. The lowest BCUT2D eigenvalue weighted by atomic mass is 10.1. The van der Waals surface area contributed by atoms with E-state index >= 15 is 0 Å². The molecule has 2 unspecified atom stereocenters. The van der Waals surface area contributed by atoms with Gasteiger partial charge in [0.15, 0.2) is 5.82 Å². The topological polar surface area (TPSA) is 109 Å². The SMILES string of the molecule is NC(=O)CC(O)C(O)c1ncccn1. The van der Waals surface area contributed by atoms with Crippen molar-refractivity contribution in [1.29, 1.82) is 0 Å². The molecule has 1 amide bonds. The van der Waals surface area contributed by atoms with Gasteiger partial charge in [0.25, 0.3) is 0 Å². The molecule has 6 nitrogen and oxygen atoms in total. The van der Waals surface area contributed by atoms with Crippen LogP contribution in [-0.4, -0.2) is 32.2 Å². The summed E-state index contributed by atoms with van der Waals surface area (Å²) in [6.45, 7) is 0. The first kappa shape index (κ1) is 10.6. The first-order valence-electron chi connectivity index (χ1n) is 4.02. The van der Waals surface area contributed by atoms with Crippen LogP contribution < -0.4 is 5.73 Å². The van der Waals surface area contributed by atoms with Gasteiger partial charge >= 0.3 is 0 Å². The molecule has 0 spiro atoms. The van der Waals surface area contributed by atoms with Gasteiger partial charge in [0, 0.05) is 12.4 Å². The minimum atomic E-state index is -1.29. The van der Waals surface area contributed by atoms with Gasteiger partial charge in [0.1, 0.15) is 6.10 Å². The second-order valence-electron chi connectivity index (χ2n) is 2.79. The van der Waals surface area contributed by atoms with Gasteiger partial charge in [-0.05, 0) is 6.07 Å². The van der Waals surface area contributed by atoms with Crippen molar-refractivity contribution in [2.75, 3.05) is 0 Å². The van der Waals surface area contributed by atoms with Crippen LogP contribution in [0.5, 0.6) is 0 Å². The Labute approximate surface area is 80.4 Å². The Bertz CT molecular complexity index is 304. The lowest BCUT2D eigenvalue weighted by Gasteiger charge is -2.14. The molecule has 76 valence electrons. The van der Waals surface area contributed by atoms with Gasteiger partial charge in [0.05, 0.1) is 12.5 Å². The monoisotopic (exact) mass is 197 g/mol. The van der Waals surface area contributed by atoms with E-state index in [1.165, 1.54) is 12.4 Å². The van der Waals surface area contributed by atoms with Crippen molar-refractivity contribution in [2.45, 2.75) is 18.6 Å². The van der Waals surface area contributed by atoms with Crippen LogP contribution in [0.3, 0.4) is 0 Å². The van der Waals surface area contributed by atoms with E-state index in [1.54, 1.807) is 6.07 Å². The van der Waals surface area contributed by atoms with Crippen LogP contribution in [0.2, 0.25) is 0 Å². The maximum atomic E-state index is 10.5. The molecular weight excluding hydrogens is 186 g/mol. The van der Waals surface area contributed by atoms with Crippen LogP contribution in [-0.2, 0) is 4.79 Å². The molecule has 0 saturated carbocycles. The number of rotatable bonds is 4. The summed E-state index contributed by atoms with van der Waals surface area (Å²) in [5.41, 5.74) is 4.86. The van der Waals surface area contributed by atoms with E-state index in [-0.39, 0.29) is 12.2 Å². The third kappa shape index (κ3) is 2.75. The molecule has 0 aliphatic rings. The molecule has 0 aliphatic heterocycles. The molecule has 0 aliphatic carbocycles. The Morgan fingerprint density at radius 3 is 2.50 bits per heavy atom. The lowest BCUT2D eigenvalue weighted by Crippen LogP contribution is -2.26. The van der Waals surface area contributed by atoms with E-state index < -0.39 is 18.1 Å². The van der Waals surface area contributed by atoms with E-state index in [4.69, 9.17) is 5.73 Å². The van der Waals surface area contributed by atoms with Crippen molar-refractivity contribution in [3.05, 3.63) is 24.3 Å². The number of nitrogens with zero attached hydrogens (tertiary/aromatic N) is 2. The highest BCUT2D eigenvalue weighted by Gasteiger charge is 2.22. The number of amides is 1. The molecule has 1 rings (SSSR count). The minimum absolute atomic E-state index is 0.0706. The number of primary amides is 1. The quantitative estimate of drug-likeness (QED) is 0.558. The number of aromatic nitrogens is 2. The Morgan fingerprint density at radius 1 is 1.43 bits per heavy atom. The normalized spacial score (nSPS) is 14.7. The molecule has 0 radical (unpaired) electrons. The average Bonchev–Trinajstić information content (AvgIpc) is 2.17. The van der Waals surface area contributed by atoms with E-state index in [2.05, 4.69) is 9.97 Å². The smallest absolute Gasteiger partial charge is 0.220 e. The largest absolute Gasteiger partial charge is 0.389 e. The molecule has 0 fully saturated rings. The average molecular weight is 197 g/mol. The van der Waals surface area contributed by atoms with Crippen LogP contribution in [0.4, 0.5) is 0 Å². The Kier molecular flexibility index (Phi) is 3.49. The van der Waals surface area contributed by atoms with E-state index in [1.807, 2.05) is 0 Å². The molecular formula is C8H11N3O3. The summed E-state index contributed by atoms with van der Waals surface area (Å²) in [6.07, 6.45) is -0.0107. The molecule has 1 aromatic heterocycles. The molecule has 2 atom stereocenters. The second-order valence-corrected chi connectivity index (χ2v) is 2.79. The molecule has 1 aromatic rings. The highest BCUT2D eigenvalue weighted by molar-refractivity contribution is 5.74. The predicted octanol–water partition coefficient (Wildman–Crippen LogP) is -1.25. The van der Waals surface area contributed by atoms with Crippen molar-refractivity contribution >= 4 is 5.91 Å². The zero-order valence-electron chi connectivity index (χ0n) is 7.37. The van der Waals surface area contributed by atoms with Gasteiger partial charge < -0.3 is 15.9 Å². The standard InChI is InChI=1S/C8H11N3O3/c9-6(13)4-5(12)7(14)8-10-2-1-3-11-8/h1-3,5,7,12,14H,4H2,(H2,9,13). The van der Waals surface area contributed by atoms with E-state index in [0.717, 1.165) is 0 Å². The number of carbonyl (C=O) groups is 1. The van der Waals surface area contributed by atoms with Crippen molar-refractivity contribution in [1.82, 2.24) is 9.97 Å². The van der Waals surface area contributed by atoms with Crippen LogP contribution in [0.25, 0.3) is 0 Å². The lowest BCUT2D eigenvalue weighted by molar-refractivity contribution is -0.121. The van der Waals surface area contributed by atoms with Crippen molar-refractivity contribution in [2.24, 2.45) is 5.73 Å². The highest BCUT2D eigenvalue weighted by Crippen LogP contribution is 2.13. The Morgan fingerprint density at radius 2 is 2.00 bits per heavy atom. The number of carbonyl (C=O) groups excluding carboxylic acids is 1. The maximum absolute atomic E-state index is 10.5. The Hall–Kier alpha value is -1.53. The van der Waals surface area contributed by atoms with Crippen LogP contribution >= 0.6 is 0 Å². The number of nitrogens with two attached hydrogens (primary N) is 1. The molecule has 0 aromatic carbocycles. The van der Waals surface area contributed by atoms with Gasteiger partial charge in [0.2, 0.25) is 5.91 Å². The van der Waals surface area contributed by atoms with Crippen LogP contribution in [0, 0.1) is 0 Å². The van der Waals surface area contributed by atoms with Gasteiger partial charge in [-0.3, -0.25) is 4.79 Å². The summed E-state index contributed by atoms with van der Waals surface area (Å²) < 4.78 is 0. The van der Waals surface area contributed by atoms with Crippen LogP contribution in [0.1, 0.15) is 18.3 Å². The number of hydrogen-bond acceptors (Lipinski definition) is 5. The number of hydrogen-bond donors (Lipinski definition) is 3. The molecule has 6 heteroatoms. The van der Waals surface area contributed by atoms with Crippen molar-refractivity contribution in [3.63, 3.8) is 0 Å². The first-order valence-corrected chi connectivity index (χ1v) is 4.02. The molecule has 1 heterocycles. The van der Waals surface area contributed by atoms with Gasteiger partial charge in [-0.2, -0.15) is 0 Å². The third-order valence-electron chi connectivity index (χ3n) is 1.63. The first-order chi connectivity index (χ1) is 6.61. The zero-order chi connectivity index (χ0) is 10.6. The molecule has 0 saturated heterocycles. The van der Waals surface area contributed by atoms with E-state index in [9.17, 15) is 15.0 Å². The summed E-state index contributed by atoms with van der Waals surface area (Å²) >= 11 is 0. The second kappa shape index (κ2) is 4.64. The van der Waals surface area contributed by atoms with Crippen molar-refractivity contribution < 1.29 is 15.0 Å². The van der Waals surface area contributed by atoms with Gasteiger partial charge in [-0.15, -0.1) is 0 Å². The third-order valence-corrected chi connectivity index (χ3v) is 1.63. The summed E-state index contributed by atoms with van der Waals surface area (Å²) in [6, 6.07) is 1.58. The predicted molar refractivity (Wildman–Crippen MR) is 46.8 cm³/mol. The fourth-order valence-corrected chi connectivity index (χ4v) is 0.953. The Balaban J connectivity index is 2.65. The van der Waals surface area contributed by atoms with Crippen molar-refractivity contribution in [3.8, 4) is 0 Å². The minimum Gasteiger partial charge on any atom is -0.389 e. The highest BCUT2D eigenvalue weighted by atomic mass is 16.3. The molecule has 0 bridgehead atoms. The van der Waals surface area contributed by atoms with Crippen LogP contribution in [0.15, 0.2) is 18.5 Å². The zero-order valence-corrected chi connectivity index (χ0v) is 7.37. The summed E-state index contributed by atoms with van der Waals surface area (Å²) in [4.78, 5) is 17.9. The molecule has 14 heavy (non-hydrogen) atoms. The van der Waals surface area contributed by atoms with E-state index in [0.29, 0.717) is 0 Å². The number of aliphatic hydroxyl groups excluding tert-OH is 2. The molecule has 4 N–H and O–H groups in total. The van der Waals surface area contributed by atoms with Gasteiger partial charge in [-0.1, -0.05) is 0 Å². The summed E-state index contributed by atoms with van der Waals surface area (Å²) in [7, 11) is 0. The fraction of sp³-hybridized carbons (Fsp3) is 0.375. The fourth-order valence-electron chi connectivity index (χ4n) is 0.953. The summed E-state index contributed by atoms with van der Waals surface area (Å²) in [5, 5.41) is 18.8. The van der Waals surface area contributed by atoms with Gasteiger partial charge in [-0.25, -0.2) is 9.97 Å². The maximum Gasteiger partial charge on any atom is 0.220 e. The number of aliphatic hydroxyl groups is 2.